The average molecular weight is 282 g/mol. The highest BCUT2D eigenvalue weighted by molar-refractivity contribution is 5.59. The van der Waals surface area contributed by atoms with E-state index in [1.54, 1.807) is 12.4 Å². The summed E-state index contributed by atoms with van der Waals surface area (Å²) in [5, 5.41) is 3.47. The number of anilines is 1. The summed E-state index contributed by atoms with van der Waals surface area (Å²) in [6.45, 7) is 7.19. The van der Waals surface area contributed by atoms with E-state index in [0.29, 0.717) is 6.04 Å². The Kier molecular flexibility index (Phi) is 4.15. The minimum absolute atomic E-state index is 0.409. The van der Waals surface area contributed by atoms with Gasteiger partial charge in [-0.1, -0.05) is 19.1 Å². The fourth-order valence-electron chi connectivity index (χ4n) is 2.93. The molecule has 1 atom stereocenters. The molecule has 1 aliphatic rings. The van der Waals surface area contributed by atoms with Crippen LogP contribution in [0, 0.1) is 0 Å². The molecule has 0 bridgehead atoms. The zero-order chi connectivity index (χ0) is 14.7. The number of fused-ring (bicyclic) bond motifs is 1. The molecule has 1 aliphatic heterocycles. The number of hydrogen-bond acceptors (Lipinski definition) is 4. The molecule has 0 spiro atoms. The van der Waals surface area contributed by atoms with Crippen molar-refractivity contribution in [3.05, 3.63) is 53.6 Å². The molecule has 1 N–H and O–H groups in total. The molecule has 4 heteroatoms. The SMILES string of the molecule is CCNC(C)c1ccc2c(c1)CCN2Cc1ncccn1. The summed E-state index contributed by atoms with van der Waals surface area (Å²) >= 11 is 0. The molecule has 0 radical (unpaired) electrons. The molecule has 1 unspecified atom stereocenters. The van der Waals surface area contributed by atoms with Crippen molar-refractivity contribution in [2.45, 2.75) is 32.9 Å². The first kappa shape index (κ1) is 14.0. The van der Waals surface area contributed by atoms with E-state index >= 15 is 0 Å². The molecular weight excluding hydrogens is 260 g/mol. The third kappa shape index (κ3) is 3.05. The van der Waals surface area contributed by atoms with Crippen LogP contribution in [0.15, 0.2) is 36.7 Å². The molecular formula is C17H22N4. The Morgan fingerprint density at radius 3 is 2.86 bits per heavy atom. The molecule has 21 heavy (non-hydrogen) atoms. The van der Waals surface area contributed by atoms with Crippen LogP contribution in [0.25, 0.3) is 0 Å². The minimum atomic E-state index is 0.409. The van der Waals surface area contributed by atoms with Gasteiger partial charge in [-0.2, -0.15) is 0 Å². The largest absolute Gasteiger partial charge is 0.363 e. The minimum Gasteiger partial charge on any atom is -0.363 e. The van der Waals surface area contributed by atoms with Gasteiger partial charge in [-0.15, -0.1) is 0 Å². The lowest BCUT2D eigenvalue weighted by Crippen LogP contribution is -2.21. The Morgan fingerprint density at radius 2 is 2.10 bits per heavy atom. The van der Waals surface area contributed by atoms with Crippen LogP contribution in [-0.4, -0.2) is 23.1 Å². The zero-order valence-corrected chi connectivity index (χ0v) is 12.7. The summed E-state index contributed by atoms with van der Waals surface area (Å²) < 4.78 is 0. The van der Waals surface area contributed by atoms with Crippen LogP contribution in [0.4, 0.5) is 5.69 Å². The molecule has 2 heterocycles. The molecule has 0 fully saturated rings. The molecule has 0 saturated heterocycles. The van der Waals surface area contributed by atoms with Crippen LogP contribution in [-0.2, 0) is 13.0 Å². The summed E-state index contributed by atoms with van der Waals surface area (Å²) in [5.74, 6) is 0.885. The second-order valence-corrected chi connectivity index (χ2v) is 5.50. The smallest absolute Gasteiger partial charge is 0.147 e. The highest BCUT2D eigenvalue weighted by Gasteiger charge is 2.20. The number of benzene rings is 1. The van der Waals surface area contributed by atoms with Gasteiger partial charge in [0.15, 0.2) is 0 Å². The van der Waals surface area contributed by atoms with Crippen LogP contribution in [0.5, 0.6) is 0 Å². The van der Waals surface area contributed by atoms with Gasteiger partial charge < -0.3 is 10.2 Å². The summed E-state index contributed by atoms with van der Waals surface area (Å²) in [5.41, 5.74) is 4.14. The molecule has 2 aromatic rings. The predicted octanol–water partition coefficient (Wildman–Crippen LogP) is 2.71. The summed E-state index contributed by atoms with van der Waals surface area (Å²) in [4.78, 5) is 11.0. The average Bonchev–Trinajstić information content (AvgIpc) is 2.91. The van der Waals surface area contributed by atoms with E-state index < -0.39 is 0 Å². The standard InChI is InChI=1S/C17H22N4/c1-3-18-13(2)14-5-6-16-15(11-14)7-10-21(16)12-17-19-8-4-9-20-17/h4-6,8-9,11,13,18H,3,7,10,12H2,1-2H3. The van der Waals surface area contributed by atoms with Gasteiger partial charge in [-0.25, -0.2) is 9.97 Å². The highest BCUT2D eigenvalue weighted by atomic mass is 15.2. The molecule has 0 saturated carbocycles. The first-order valence-corrected chi connectivity index (χ1v) is 7.65. The van der Waals surface area contributed by atoms with Crippen LogP contribution in [0.2, 0.25) is 0 Å². The molecule has 0 amide bonds. The van der Waals surface area contributed by atoms with Crippen molar-refractivity contribution < 1.29 is 0 Å². The normalized spacial score (nSPS) is 15.0. The summed E-state index contributed by atoms with van der Waals surface area (Å²) in [7, 11) is 0. The van der Waals surface area contributed by atoms with Gasteiger partial charge in [-0.05, 0) is 43.1 Å². The van der Waals surface area contributed by atoms with E-state index in [1.807, 2.05) is 6.07 Å². The Hall–Kier alpha value is -1.94. The van der Waals surface area contributed by atoms with Gasteiger partial charge in [-0.3, -0.25) is 0 Å². The Morgan fingerprint density at radius 1 is 1.29 bits per heavy atom. The highest BCUT2D eigenvalue weighted by Crippen LogP contribution is 2.31. The zero-order valence-electron chi connectivity index (χ0n) is 12.7. The topological polar surface area (TPSA) is 41.0 Å². The van der Waals surface area contributed by atoms with Crippen molar-refractivity contribution in [1.82, 2.24) is 15.3 Å². The lowest BCUT2D eigenvalue weighted by Gasteiger charge is -2.19. The van der Waals surface area contributed by atoms with Gasteiger partial charge in [0, 0.05) is 30.7 Å². The van der Waals surface area contributed by atoms with Gasteiger partial charge in [0.25, 0.3) is 0 Å². The Bertz CT molecular complexity index is 597. The van der Waals surface area contributed by atoms with Crippen LogP contribution in [0.3, 0.4) is 0 Å². The maximum Gasteiger partial charge on any atom is 0.147 e. The summed E-state index contributed by atoms with van der Waals surface area (Å²) in [6.07, 6.45) is 4.72. The van der Waals surface area contributed by atoms with Crippen molar-refractivity contribution >= 4 is 5.69 Å². The van der Waals surface area contributed by atoms with Crippen molar-refractivity contribution in [2.24, 2.45) is 0 Å². The van der Waals surface area contributed by atoms with Crippen LogP contribution < -0.4 is 10.2 Å². The number of rotatable bonds is 5. The van der Waals surface area contributed by atoms with Crippen molar-refractivity contribution in [2.75, 3.05) is 18.0 Å². The fourth-order valence-corrected chi connectivity index (χ4v) is 2.93. The molecule has 110 valence electrons. The third-order valence-electron chi connectivity index (χ3n) is 4.06. The third-order valence-corrected chi connectivity index (χ3v) is 4.06. The summed E-state index contributed by atoms with van der Waals surface area (Å²) in [6, 6.07) is 9.08. The van der Waals surface area contributed by atoms with E-state index in [2.05, 4.69) is 52.2 Å². The first-order chi connectivity index (χ1) is 10.3. The molecule has 3 rings (SSSR count). The number of hydrogen-bond donors (Lipinski definition) is 1. The van der Waals surface area contributed by atoms with Gasteiger partial charge >= 0.3 is 0 Å². The van der Waals surface area contributed by atoms with Crippen LogP contribution >= 0.6 is 0 Å². The number of nitrogens with one attached hydrogen (secondary N) is 1. The molecule has 1 aromatic heterocycles. The molecule has 0 aliphatic carbocycles. The van der Waals surface area contributed by atoms with Gasteiger partial charge in [0.2, 0.25) is 0 Å². The van der Waals surface area contributed by atoms with E-state index in [4.69, 9.17) is 0 Å². The maximum atomic E-state index is 4.32. The second kappa shape index (κ2) is 6.22. The van der Waals surface area contributed by atoms with E-state index in [9.17, 15) is 0 Å². The van der Waals surface area contributed by atoms with Crippen molar-refractivity contribution in [3.63, 3.8) is 0 Å². The Labute approximate surface area is 126 Å². The van der Waals surface area contributed by atoms with Crippen LogP contribution in [0.1, 0.15) is 36.8 Å². The monoisotopic (exact) mass is 282 g/mol. The molecule has 1 aromatic carbocycles. The number of nitrogens with zero attached hydrogens (tertiary/aromatic N) is 3. The second-order valence-electron chi connectivity index (χ2n) is 5.50. The van der Waals surface area contributed by atoms with Crippen molar-refractivity contribution in [3.8, 4) is 0 Å². The van der Waals surface area contributed by atoms with E-state index in [-0.39, 0.29) is 0 Å². The lowest BCUT2D eigenvalue weighted by molar-refractivity contribution is 0.598. The lowest BCUT2D eigenvalue weighted by atomic mass is 10.0. The number of aromatic nitrogens is 2. The van der Waals surface area contributed by atoms with Gasteiger partial charge in [0.1, 0.15) is 5.82 Å². The van der Waals surface area contributed by atoms with E-state index in [1.165, 1.54) is 16.8 Å². The predicted molar refractivity (Wildman–Crippen MR) is 85.3 cm³/mol. The molecule has 4 nitrogen and oxygen atoms in total. The first-order valence-electron chi connectivity index (χ1n) is 7.65. The Balaban J connectivity index is 1.77. The maximum absolute atomic E-state index is 4.32. The van der Waals surface area contributed by atoms with E-state index in [0.717, 1.165) is 31.9 Å². The quantitative estimate of drug-likeness (QED) is 0.915. The van der Waals surface area contributed by atoms with Crippen molar-refractivity contribution in [1.29, 1.82) is 0 Å². The van der Waals surface area contributed by atoms with Gasteiger partial charge in [0.05, 0.1) is 6.54 Å². The fraction of sp³-hybridized carbons (Fsp3) is 0.412.